The van der Waals surface area contributed by atoms with Gasteiger partial charge in [-0.3, -0.25) is 0 Å². The summed E-state index contributed by atoms with van der Waals surface area (Å²) < 4.78 is 6.59. The summed E-state index contributed by atoms with van der Waals surface area (Å²) in [4.78, 5) is 4.16. The highest BCUT2D eigenvalue weighted by molar-refractivity contribution is 9.10. The van der Waals surface area contributed by atoms with Crippen molar-refractivity contribution in [2.24, 2.45) is 11.8 Å². The van der Waals surface area contributed by atoms with Crippen LogP contribution in [0.15, 0.2) is 22.8 Å². The zero-order valence-corrected chi connectivity index (χ0v) is 9.83. The van der Waals surface area contributed by atoms with Gasteiger partial charge in [0.1, 0.15) is 0 Å². The van der Waals surface area contributed by atoms with Crippen molar-refractivity contribution < 1.29 is 4.74 Å². The molecule has 0 radical (unpaired) electrons. The van der Waals surface area contributed by atoms with Gasteiger partial charge in [-0.05, 0) is 46.7 Å². The number of ether oxygens (including phenoxy) is 1. The van der Waals surface area contributed by atoms with Gasteiger partial charge in [0.05, 0.1) is 6.61 Å². The number of pyridine rings is 1. The Bertz CT molecular complexity index is 299. The first-order chi connectivity index (χ1) is 6.75. The van der Waals surface area contributed by atoms with Crippen LogP contribution in [-0.4, -0.2) is 11.6 Å². The fraction of sp³-hybridized carbons (Fsp3) is 0.545. The van der Waals surface area contributed by atoms with Crippen LogP contribution in [0.4, 0.5) is 0 Å². The van der Waals surface area contributed by atoms with Crippen molar-refractivity contribution in [1.29, 1.82) is 0 Å². The average molecular weight is 256 g/mol. The first-order valence-corrected chi connectivity index (χ1v) is 5.79. The molecule has 3 heteroatoms. The van der Waals surface area contributed by atoms with Crippen LogP contribution in [0.1, 0.15) is 19.8 Å². The molecule has 14 heavy (non-hydrogen) atoms. The van der Waals surface area contributed by atoms with Gasteiger partial charge in [0.2, 0.25) is 5.88 Å². The molecule has 1 aliphatic carbocycles. The van der Waals surface area contributed by atoms with Crippen molar-refractivity contribution in [2.75, 3.05) is 6.61 Å². The molecule has 0 spiro atoms. The van der Waals surface area contributed by atoms with Gasteiger partial charge >= 0.3 is 0 Å². The summed E-state index contributed by atoms with van der Waals surface area (Å²) in [5, 5.41) is 0. The SMILES string of the molecule is CC1CCC1COc1ccc(Br)cn1. The molecule has 2 nitrogen and oxygen atoms in total. The molecule has 0 N–H and O–H groups in total. The topological polar surface area (TPSA) is 22.1 Å². The predicted molar refractivity (Wildman–Crippen MR) is 59.3 cm³/mol. The van der Waals surface area contributed by atoms with Crippen LogP contribution in [0.25, 0.3) is 0 Å². The molecule has 1 aromatic heterocycles. The summed E-state index contributed by atoms with van der Waals surface area (Å²) in [5.41, 5.74) is 0. The van der Waals surface area contributed by atoms with Crippen LogP contribution < -0.4 is 4.74 Å². The van der Waals surface area contributed by atoms with E-state index in [0.29, 0.717) is 0 Å². The molecule has 0 saturated heterocycles. The van der Waals surface area contributed by atoms with Gasteiger partial charge in [0, 0.05) is 16.7 Å². The third-order valence-electron chi connectivity index (χ3n) is 2.94. The lowest BCUT2D eigenvalue weighted by Gasteiger charge is -2.33. The van der Waals surface area contributed by atoms with E-state index in [4.69, 9.17) is 4.74 Å². The second kappa shape index (κ2) is 4.30. The standard InChI is InChI=1S/C11H14BrNO/c1-8-2-3-9(8)7-14-11-5-4-10(12)6-13-11/h4-6,8-9H,2-3,7H2,1H3. The number of nitrogens with zero attached hydrogens (tertiary/aromatic N) is 1. The van der Waals surface area contributed by atoms with E-state index < -0.39 is 0 Å². The zero-order chi connectivity index (χ0) is 9.97. The Labute approximate surface area is 92.8 Å². The van der Waals surface area contributed by atoms with E-state index in [1.54, 1.807) is 6.20 Å². The molecule has 1 aromatic rings. The van der Waals surface area contributed by atoms with E-state index in [1.807, 2.05) is 12.1 Å². The van der Waals surface area contributed by atoms with E-state index in [9.17, 15) is 0 Å². The molecule has 2 rings (SSSR count). The molecule has 2 unspecified atom stereocenters. The minimum atomic E-state index is 0.729. The fourth-order valence-corrected chi connectivity index (χ4v) is 1.86. The Kier molecular flexibility index (Phi) is 3.06. The second-order valence-electron chi connectivity index (χ2n) is 3.94. The van der Waals surface area contributed by atoms with Crippen LogP contribution in [0, 0.1) is 11.8 Å². The number of rotatable bonds is 3. The van der Waals surface area contributed by atoms with Crippen molar-refractivity contribution >= 4 is 15.9 Å². The van der Waals surface area contributed by atoms with Gasteiger partial charge < -0.3 is 4.74 Å². The van der Waals surface area contributed by atoms with Crippen LogP contribution in [0.5, 0.6) is 5.88 Å². The van der Waals surface area contributed by atoms with Crippen LogP contribution in [0.3, 0.4) is 0 Å². The molecule has 0 aliphatic heterocycles. The lowest BCUT2D eigenvalue weighted by molar-refractivity contribution is 0.113. The summed E-state index contributed by atoms with van der Waals surface area (Å²) in [7, 11) is 0. The number of hydrogen-bond donors (Lipinski definition) is 0. The molecule has 1 saturated carbocycles. The first-order valence-electron chi connectivity index (χ1n) is 5.00. The van der Waals surface area contributed by atoms with Gasteiger partial charge in [-0.25, -0.2) is 4.98 Å². The summed E-state index contributed by atoms with van der Waals surface area (Å²) >= 11 is 3.34. The van der Waals surface area contributed by atoms with Crippen molar-refractivity contribution in [3.05, 3.63) is 22.8 Å². The normalized spacial score (nSPS) is 25.6. The van der Waals surface area contributed by atoms with Crippen LogP contribution >= 0.6 is 15.9 Å². The molecule has 1 fully saturated rings. The Morgan fingerprint density at radius 3 is 2.86 bits per heavy atom. The van der Waals surface area contributed by atoms with E-state index in [2.05, 4.69) is 27.8 Å². The summed E-state index contributed by atoms with van der Waals surface area (Å²) in [6.07, 6.45) is 4.42. The Balaban J connectivity index is 1.83. The predicted octanol–water partition coefficient (Wildman–Crippen LogP) is 3.27. The summed E-state index contributed by atoms with van der Waals surface area (Å²) in [5.74, 6) is 2.29. The molecule has 0 amide bonds. The quantitative estimate of drug-likeness (QED) is 0.828. The number of halogens is 1. The molecular formula is C11H14BrNO. The van der Waals surface area contributed by atoms with Crippen molar-refractivity contribution in [2.45, 2.75) is 19.8 Å². The van der Waals surface area contributed by atoms with Crippen LogP contribution in [-0.2, 0) is 0 Å². The fourth-order valence-electron chi connectivity index (χ4n) is 1.62. The molecule has 0 bridgehead atoms. The van der Waals surface area contributed by atoms with E-state index in [-0.39, 0.29) is 0 Å². The molecule has 1 heterocycles. The Morgan fingerprint density at radius 1 is 1.50 bits per heavy atom. The summed E-state index contributed by atoms with van der Waals surface area (Å²) in [6.45, 7) is 3.10. The average Bonchev–Trinajstić information content (AvgIpc) is 2.19. The summed E-state index contributed by atoms with van der Waals surface area (Å²) in [6, 6.07) is 3.85. The molecule has 0 aromatic carbocycles. The maximum atomic E-state index is 5.60. The van der Waals surface area contributed by atoms with Gasteiger partial charge in [-0.1, -0.05) is 6.92 Å². The number of hydrogen-bond acceptors (Lipinski definition) is 2. The lowest BCUT2D eigenvalue weighted by atomic mass is 9.75. The van der Waals surface area contributed by atoms with Crippen molar-refractivity contribution in [3.8, 4) is 5.88 Å². The first kappa shape index (κ1) is 9.97. The van der Waals surface area contributed by atoms with Crippen LogP contribution in [0.2, 0.25) is 0 Å². The van der Waals surface area contributed by atoms with Gasteiger partial charge in [-0.15, -0.1) is 0 Å². The second-order valence-corrected chi connectivity index (χ2v) is 4.86. The maximum Gasteiger partial charge on any atom is 0.213 e. The van der Waals surface area contributed by atoms with Crippen molar-refractivity contribution in [1.82, 2.24) is 4.98 Å². The lowest BCUT2D eigenvalue weighted by Crippen LogP contribution is -2.28. The largest absolute Gasteiger partial charge is 0.477 e. The van der Waals surface area contributed by atoms with E-state index >= 15 is 0 Å². The highest BCUT2D eigenvalue weighted by Gasteiger charge is 2.27. The van der Waals surface area contributed by atoms with Gasteiger partial charge in [-0.2, -0.15) is 0 Å². The smallest absolute Gasteiger partial charge is 0.213 e. The zero-order valence-electron chi connectivity index (χ0n) is 8.24. The molecule has 76 valence electrons. The minimum Gasteiger partial charge on any atom is -0.477 e. The highest BCUT2D eigenvalue weighted by Crippen LogP contribution is 2.33. The maximum absolute atomic E-state index is 5.60. The Hall–Kier alpha value is -0.570. The van der Waals surface area contributed by atoms with E-state index in [0.717, 1.165) is 28.8 Å². The van der Waals surface area contributed by atoms with Gasteiger partial charge in [0.15, 0.2) is 0 Å². The van der Waals surface area contributed by atoms with Gasteiger partial charge in [0.25, 0.3) is 0 Å². The minimum absolute atomic E-state index is 0.729. The third kappa shape index (κ3) is 2.27. The molecule has 1 aliphatic rings. The third-order valence-corrected chi connectivity index (χ3v) is 3.41. The van der Waals surface area contributed by atoms with E-state index in [1.165, 1.54) is 12.8 Å². The monoisotopic (exact) mass is 255 g/mol. The highest BCUT2D eigenvalue weighted by atomic mass is 79.9. The molecule has 2 atom stereocenters. The van der Waals surface area contributed by atoms with Crippen molar-refractivity contribution in [3.63, 3.8) is 0 Å². The Morgan fingerprint density at radius 2 is 2.36 bits per heavy atom. The number of aromatic nitrogens is 1. The molecular weight excluding hydrogens is 242 g/mol.